The predicted molar refractivity (Wildman–Crippen MR) is 96.8 cm³/mol. The number of benzene rings is 1. The van der Waals surface area contributed by atoms with Gasteiger partial charge < -0.3 is 10.2 Å². The Morgan fingerprint density at radius 2 is 1.84 bits per heavy atom. The van der Waals surface area contributed by atoms with Crippen LogP contribution in [0.2, 0.25) is 0 Å². The predicted octanol–water partition coefficient (Wildman–Crippen LogP) is 1.22. The Morgan fingerprint density at radius 3 is 2.40 bits per heavy atom. The molecule has 138 valence electrons. The summed E-state index contributed by atoms with van der Waals surface area (Å²) < 4.78 is 27.5. The Balaban J connectivity index is 1.68. The van der Waals surface area contributed by atoms with Gasteiger partial charge in [0.15, 0.2) is 0 Å². The van der Waals surface area contributed by atoms with Gasteiger partial charge in [0.25, 0.3) is 0 Å². The van der Waals surface area contributed by atoms with Gasteiger partial charge in [-0.05, 0) is 37.0 Å². The summed E-state index contributed by atoms with van der Waals surface area (Å²) in [6.45, 7) is 5.33. The highest BCUT2D eigenvalue weighted by molar-refractivity contribution is 7.89. The van der Waals surface area contributed by atoms with Crippen LogP contribution in [0.1, 0.15) is 31.7 Å². The summed E-state index contributed by atoms with van der Waals surface area (Å²) in [7, 11) is -3.54. The summed E-state index contributed by atoms with van der Waals surface area (Å²) in [6.07, 6.45) is 2.90. The smallest absolute Gasteiger partial charge is 0.243 e. The van der Waals surface area contributed by atoms with Crippen molar-refractivity contribution in [3.8, 4) is 0 Å². The molecule has 2 aliphatic rings. The number of aryl methyl sites for hydroxylation is 1. The molecular weight excluding hydrogens is 338 g/mol. The first-order valence-corrected chi connectivity index (χ1v) is 10.6. The molecule has 0 spiro atoms. The number of carbonyl (C=O) groups is 1. The summed E-state index contributed by atoms with van der Waals surface area (Å²) in [6, 6.07) is 7.14. The zero-order valence-electron chi connectivity index (χ0n) is 14.8. The summed E-state index contributed by atoms with van der Waals surface area (Å²) in [4.78, 5) is 14.5. The maximum atomic E-state index is 13.0. The Hall–Kier alpha value is -1.44. The van der Waals surface area contributed by atoms with Gasteiger partial charge in [-0.3, -0.25) is 4.79 Å². The van der Waals surface area contributed by atoms with Crippen molar-refractivity contribution in [2.24, 2.45) is 0 Å². The first-order valence-electron chi connectivity index (χ1n) is 9.11. The average Bonchev–Trinajstić information content (AvgIpc) is 3.47. The van der Waals surface area contributed by atoms with E-state index in [-0.39, 0.29) is 24.9 Å². The molecule has 2 fully saturated rings. The minimum Gasteiger partial charge on any atom is -0.340 e. The van der Waals surface area contributed by atoms with E-state index >= 15 is 0 Å². The largest absolute Gasteiger partial charge is 0.340 e. The highest BCUT2D eigenvalue weighted by atomic mass is 32.2. The molecule has 0 radical (unpaired) electrons. The van der Waals surface area contributed by atoms with E-state index in [2.05, 4.69) is 5.32 Å². The number of hydrogen-bond donors (Lipinski definition) is 1. The van der Waals surface area contributed by atoms with Crippen molar-refractivity contribution in [3.05, 3.63) is 29.8 Å². The molecule has 1 aromatic rings. The fourth-order valence-corrected chi connectivity index (χ4v) is 4.86. The highest BCUT2D eigenvalue weighted by Gasteiger charge is 2.38. The molecule has 1 aliphatic heterocycles. The van der Waals surface area contributed by atoms with Gasteiger partial charge in [0, 0.05) is 45.2 Å². The summed E-state index contributed by atoms with van der Waals surface area (Å²) in [5, 5.41) is 3.22. The normalized spacial score (nSPS) is 18.6. The molecule has 1 heterocycles. The maximum Gasteiger partial charge on any atom is 0.243 e. The van der Waals surface area contributed by atoms with Gasteiger partial charge in [0.2, 0.25) is 15.9 Å². The Kier molecular flexibility index (Phi) is 5.76. The van der Waals surface area contributed by atoms with Crippen LogP contribution in [0.15, 0.2) is 29.2 Å². The number of nitrogens with one attached hydrogen (secondary N) is 1. The molecule has 1 saturated carbocycles. The Morgan fingerprint density at radius 1 is 1.20 bits per heavy atom. The molecule has 1 aromatic carbocycles. The third-order valence-electron chi connectivity index (χ3n) is 4.91. The number of nitrogens with zero attached hydrogens (tertiary/aromatic N) is 2. The lowest BCUT2D eigenvalue weighted by atomic mass is 10.2. The summed E-state index contributed by atoms with van der Waals surface area (Å²) in [5.74, 6) is 0.0451. The van der Waals surface area contributed by atoms with E-state index < -0.39 is 10.0 Å². The van der Waals surface area contributed by atoms with E-state index in [1.165, 1.54) is 4.31 Å². The van der Waals surface area contributed by atoms with Crippen LogP contribution in [0.25, 0.3) is 0 Å². The second kappa shape index (κ2) is 7.85. The number of carbonyl (C=O) groups excluding carboxylic acids is 1. The minimum atomic E-state index is -3.54. The van der Waals surface area contributed by atoms with E-state index in [0.717, 1.165) is 37.9 Å². The van der Waals surface area contributed by atoms with Gasteiger partial charge in [-0.15, -0.1) is 0 Å². The number of hydrogen-bond acceptors (Lipinski definition) is 4. The lowest BCUT2D eigenvalue weighted by Gasteiger charge is -2.29. The van der Waals surface area contributed by atoms with E-state index in [1.54, 1.807) is 12.1 Å². The molecule has 0 aromatic heterocycles. The molecule has 1 saturated heterocycles. The second-order valence-electron chi connectivity index (χ2n) is 6.73. The van der Waals surface area contributed by atoms with Crippen LogP contribution in [0.3, 0.4) is 0 Å². The molecule has 0 atom stereocenters. The van der Waals surface area contributed by atoms with Crippen molar-refractivity contribution in [3.63, 3.8) is 0 Å². The van der Waals surface area contributed by atoms with Gasteiger partial charge >= 0.3 is 0 Å². The minimum absolute atomic E-state index is 0.0451. The number of piperazine rings is 1. The topological polar surface area (TPSA) is 69.7 Å². The molecule has 6 nitrogen and oxygen atoms in total. The van der Waals surface area contributed by atoms with E-state index in [0.29, 0.717) is 18.0 Å². The van der Waals surface area contributed by atoms with Crippen molar-refractivity contribution in [2.75, 3.05) is 32.7 Å². The molecule has 1 aliphatic carbocycles. The van der Waals surface area contributed by atoms with E-state index in [4.69, 9.17) is 0 Å². The van der Waals surface area contributed by atoms with Crippen molar-refractivity contribution in [1.29, 1.82) is 0 Å². The molecule has 1 amide bonds. The highest BCUT2D eigenvalue weighted by Crippen LogP contribution is 2.32. The molecule has 7 heteroatoms. The Labute approximate surface area is 150 Å². The van der Waals surface area contributed by atoms with Crippen LogP contribution in [-0.4, -0.2) is 62.3 Å². The lowest BCUT2D eigenvalue weighted by molar-refractivity contribution is -0.131. The monoisotopic (exact) mass is 365 g/mol. The van der Waals surface area contributed by atoms with Crippen LogP contribution in [0.5, 0.6) is 0 Å². The van der Waals surface area contributed by atoms with Crippen LogP contribution in [0, 0.1) is 0 Å². The lowest BCUT2D eigenvalue weighted by Crippen LogP contribution is -2.47. The quantitative estimate of drug-likeness (QED) is 0.789. The van der Waals surface area contributed by atoms with Crippen LogP contribution >= 0.6 is 0 Å². The zero-order chi connectivity index (χ0) is 17.9. The number of rotatable bonds is 7. The Bertz CT molecular complexity index is 693. The van der Waals surface area contributed by atoms with E-state index in [9.17, 15) is 13.2 Å². The van der Waals surface area contributed by atoms with Crippen LogP contribution < -0.4 is 5.32 Å². The second-order valence-corrected chi connectivity index (χ2v) is 8.62. The van der Waals surface area contributed by atoms with Crippen molar-refractivity contribution < 1.29 is 13.2 Å². The fraction of sp³-hybridized carbons (Fsp3) is 0.611. The molecule has 25 heavy (non-hydrogen) atoms. The van der Waals surface area contributed by atoms with Gasteiger partial charge in [0.05, 0.1) is 4.90 Å². The first-order chi connectivity index (χ1) is 12.0. The SMILES string of the molecule is CCc1ccc(S(=O)(=O)N(CCC(=O)N2CCNCC2)C2CC2)cc1. The van der Waals surface area contributed by atoms with Crippen LogP contribution in [-0.2, 0) is 21.2 Å². The summed E-state index contributed by atoms with van der Waals surface area (Å²) >= 11 is 0. The van der Waals surface area contributed by atoms with Crippen molar-refractivity contribution in [2.45, 2.75) is 43.5 Å². The first kappa shape index (κ1) is 18.4. The molecule has 1 N–H and O–H groups in total. The van der Waals surface area contributed by atoms with Gasteiger partial charge in [-0.1, -0.05) is 19.1 Å². The van der Waals surface area contributed by atoms with E-state index in [1.807, 2.05) is 24.0 Å². The summed E-state index contributed by atoms with van der Waals surface area (Å²) in [5.41, 5.74) is 1.12. The van der Waals surface area contributed by atoms with Gasteiger partial charge in [0.1, 0.15) is 0 Å². The average molecular weight is 365 g/mol. The van der Waals surface area contributed by atoms with Crippen molar-refractivity contribution >= 4 is 15.9 Å². The number of sulfonamides is 1. The third kappa shape index (κ3) is 4.40. The maximum absolute atomic E-state index is 13.0. The molecule has 0 unspecified atom stereocenters. The number of amides is 1. The molecule has 3 rings (SSSR count). The zero-order valence-corrected chi connectivity index (χ0v) is 15.6. The van der Waals surface area contributed by atoms with Gasteiger partial charge in [-0.25, -0.2) is 8.42 Å². The van der Waals surface area contributed by atoms with Gasteiger partial charge in [-0.2, -0.15) is 4.31 Å². The fourth-order valence-electron chi connectivity index (χ4n) is 3.17. The molecule has 0 bridgehead atoms. The third-order valence-corrected chi connectivity index (χ3v) is 6.87. The standard InChI is InChI=1S/C18H27N3O3S/c1-2-15-3-7-17(8-4-15)25(23,24)21(16-5-6-16)12-9-18(22)20-13-10-19-11-14-20/h3-4,7-8,16,19H,2,5-6,9-14H2,1H3. The molecular formula is C18H27N3O3S. The van der Waals surface area contributed by atoms with Crippen LogP contribution in [0.4, 0.5) is 0 Å². The van der Waals surface area contributed by atoms with Crippen molar-refractivity contribution in [1.82, 2.24) is 14.5 Å².